The summed E-state index contributed by atoms with van der Waals surface area (Å²) in [6, 6.07) is 29.4. The molecule has 46 heavy (non-hydrogen) atoms. The summed E-state index contributed by atoms with van der Waals surface area (Å²) in [6.45, 7) is 5.21. The summed E-state index contributed by atoms with van der Waals surface area (Å²) in [4.78, 5) is 29.2. The first-order valence-electron chi connectivity index (χ1n) is 15.7. The van der Waals surface area contributed by atoms with Crippen LogP contribution in [0.15, 0.2) is 108 Å². The maximum absolute atomic E-state index is 14.2. The van der Waals surface area contributed by atoms with Crippen molar-refractivity contribution in [3.63, 3.8) is 0 Å². The lowest BCUT2D eigenvalue weighted by atomic mass is 10.1. The highest BCUT2D eigenvalue weighted by Crippen LogP contribution is 2.29. The number of nitrogens with one attached hydrogen (secondary N) is 1. The van der Waals surface area contributed by atoms with E-state index in [1.54, 1.807) is 43.3 Å². The van der Waals surface area contributed by atoms with Crippen molar-refractivity contribution in [3.8, 4) is 11.5 Å². The number of rotatable bonds is 12. The number of sulfonamides is 1. The molecule has 0 aliphatic heterocycles. The number of ether oxygens (including phenoxy) is 1. The molecular formula is C37H41N3O5S. The minimum absolute atomic E-state index is 0.0626. The zero-order chi connectivity index (χ0) is 32.7. The molecule has 0 spiro atoms. The molecule has 1 saturated carbocycles. The van der Waals surface area contributed by atoms with E-state index in [0.717, 1.165) is 46.7 Å². The highest BCUT2D eigenvalue weighted by Gasteiger charge is 2.33. The smallest absolute Gasteiger partial charge is 0.264 e. The number of carbonyl (C=O) groups is 2. The average molecular weight is 640 g/mol. The van der Waals surface area contributed by atoms with E-state index in [-0.39, 0.29) is 23.4 Å². The maximum Gasteiger partial charge on any atom is 0.264 e. The standard InChI is InChI=1S/C37H41N3O5S/c1-27-13-17-30(18-14-27)25-39(29(3)37(42)38-31-9-7-8-10-31)36(41)26-40(46(43,44)35-23-15-28(2)16-24-35)32-19-21-34(22-20-32)45-33-11-5-4-6-12-33/h4-6,11-24,29,31H,7-10,25-26H2,1-3H3,(H,38,42). The minimum Gasteiger partial charge on any atom is -0.457 e. The van der Waals surface area contributed by atoms with Gasteiger partial charge in [-0.1, -0.05) is 78.6 Å². The monoisotopic (exact) mass is 639 g/mol. The number of amides is 2. The van der Waals surface area contributed by atoms with Crippen LogP contribution in [-0.2, 0) is 26.2 Å². The van der Waals surface area contributed by atoms with Gasteiger partial charge in [0.05, 0.1) is 10.6 Å². The van der Waals surface area contributed by atoms with Gasteiger partial charge in [-0.15, -0.1) is 0 Å². The van der Waals surface area contributed by atoms with E-state index in [1.165, 1.54) is 17.0 Å². The lowest BCUT2D eigenvalue weighted by Crippen LogP contribution is -2.52. The third-order valence-corrected chi connectivity index (χ3v) is 10.1. The van der Waals surface area contributed by atoms with E-state index in [0.29, 0.717) is 17.2 Å². The molecule has 0 heterocycles. The lowest BCUT2D eigenvalue weighted by molar-refractivity contribution is -0.139. The summed E-state index contributed by atoms with van der Waals surface area (Å²) in [5.74, 6) is 0.427. The fourth-order valence-electron chi connectivity index (χ4n) is 5.54. The van der Waals surface area contributed by atoms with Crippen LogP contribution in [0.2, 0.25) is 0 Å². The van der Waals surface area contributed by atoms with E-state index < -0.39 is 28.5 Å². The molecule has 5 rings (SSSR count). The lowest BCUT2D eigenvalue weighted by Gasteiger charge is -2.32. The Labute approximate surface area is 272 Å². The van der Waals surface area contributed by atoms with Gasteiger partial charge in [-0.3, -0.25) is 13.9 Å². The number of para-hydroxylation sites is 1. The second-order valence-electron chi connectivity index (χ2n) is 11.9. The first-order chi connectivity index (χ1) is 22.1. The number of hydrogen-bond acceptors (Lipinski definition) is 5. The number of nitrogens with zero attached hydrogens (tertiary/aromatic N) is 2. The molecular weight excluding hydrogens is 598 g/mol. The Bertz CT molecular complexity index is 1720. The highest BCUT2D eigenvalue weighted by molar-refractivity contribution is 7.92. The van der Waals surface area contributed by atoms with Crippen LogP contribution in [0.25, 0.3) is 0 Å². The number of anilines is 1. The molecule has 1 atom stereocenters. The predicted octanol–water partition coefficient (Wildman–Crippen LogP) is 6.77. The number of benzene rings is 4. The van der Waals surface area contributed by atoms with Crippen molar-refractivity contribution in [2.75, 3.05) is 10.8 Å². The Hall–Kier alpha value is -4.63. The van der Waals surface area contributed by atoms with Gasteiger partial charge in [0, 0.05) is 12.6 Å². The van der Waals surface area contributed by atoms with Crippen LogP contribution in [0.5, 0.6) is 11.5 Å². The summed E-state index contributed by atoms with van der Waals surface area (Å²) >= 11 is 0. The van der Waals surface area contributed by atoms with Crippen molar-refractivity contribution < 1.29 is 22.7 Å². The Balaban J connectivity index is 1.46. The first-order valence-corrected chi connectivity index (χ1v) is 17.1. The van der Waals surface area contributed by atoms with Crippen LogP contribution in [0.1, 0.15) is 49.3 Å². The summed E-state index contributed by atoms with van der Waals surface area (Å²) in [6.07, 6.45) is 3.95. The largest absolute Gasteiger partial charge is 0.457 e. The average Bonchev–Trinajstić information content (AvgIpc) is 3.57. The zero-order valence-corrected chi connectivity index (χ0v) is 27.4. The number of hydrogen-bond donors (Lipinski definition) is 1. The Kier molecular flexibility index (Phi) is 10.4. The molecule has 2 amide bonds. The number of carbonyl (C=O) groups excluding carboxylic acids is 2. The molecule has 1 N–H and O–H groups in total. The van der Waals surface area contributed by atoms with Gasteiger partial charge in [-0.2, -0.15) is 0 Å². The SMILES string of the molecule is Cc1ccc(CN(C(=O)CN(c2ccc(Oc3ccccc3)cc2)S(=O)(=O)c2ccc(C)cc2)C(C)C(=O)NC2CCCC2)cc1. The molecule has 8 nitrogen and oxygen atoms in total. The molecule has 0 radical (unpaired) electrons. The summed E-state index contributed by atoms with van der Waals surface area (Å²) < 4.78 is 35.3. The molecule has 1 aliphatic carbocycles. The second kappa shape index (κ2) is 14.6. The van der Waals surface area contributed by atoms with E-state index in [9.17, 15) is 18.0 Å². The summed E-state index contributed by atoms with van der Waals surface area (Å²) in [7, 11) is -4.17. The summed E-state index contributed by atoms with van der Waals surface area (Å²) in [5.41, 5.74) is 3.13. The van der Waals surface area contributed by atoms with Gasteiger partial charge in [0.1, 0.15) is 24.1 Å². The molecule has 0 saturated heterocycles. The van der Waals surface area contributed by atoms with Crippen molar-refractivity contribution in [2.45, 2.75) is 70.0 Å². The molecule has 4 aromatic rings. The van der Waals surface area contributed by atoms with E-state index in [2.05, 4.69) is 5.32 Å². The van der Waals surface area contributed by atoms with Crippen molar-refractivity contribution >= 4 is 27.5 Å². The van der Waals surface area contributed by atoms with Gasteiger partial charge in [-0.05, 0) is 87.7 Å². The van der Waals surface area contributed by atoms with Crippen molar-refractivity contribution in [3.05, 3.63) is 120 Å². The van der Waals surface area contributed by atoms with Crippen molar-refractivity contribution in [1.82, 2.24) is 10.2 Å². The van der Waals surface area contributed by atoms with E-state index in [4.69, 9.17) is 4.74 Å². The second-order valence-corrected chi connectivity index (χ2v) is 13.8. The van der Waals surface area contributed by atoms with Gasteiger partial charge in [-0.25, -0.2) is 8.42 Å². The normalized spacial score (nSPS) is 14.0. The third kappa shape index (κ3) is 8.14. The highest BCUT2D eigenvalue weighted by atomic mass is 32.2. The van der Waals surface area contributed by atoms with Crippen molar-refractivity contribution in [1.29, 1.82) is 0 Å². The van der Waals surface area contributed by atoms with Gasteiger partial charge in [0.15, 0.2) is 0 Å². The third-order valence-electron chi connectivity index (χ3n) is 8.33. The molecule has 9 heteroatoms. The van der Waals surface area contributed by atoms with Gasteiger partial charge < -0.3 is 15.0 Å². The zero-order valence-electron chi connectivity index (χ0n) is 26.6. The fraction of sp³-hybridized carbons (Fsp3) is 0.297. The van der Waals surface area contributed by atoms with Crippen LogP contribution in [0.4, 0.5) is 5.69 Å². The Morgan fingerprint density at radius 2 is 1.37 bits per heavy atom. The summed E-state index contributed by atoms with van der Waals surface area (Å²) in [5, 5.41) is 3.10. The molecule has 0 aromatic heterocycles. The van der Waals surface area contributed by atoms with Gasteiger partial charge in [0.2, 0.25) is 11.8 Å². The molecule has 0 bridgehead atoms. The van der Waals surface area contributed by atoms with Crippen molar-refractivity contribution in [2.24, 2.45) is 0 Å². The molecule has 1 aliphatic rings. The molecule has 240 valence electrons. The van der Waals surface area contributed by atoms with Crippen LogP contribution < -0.4 is 14.4 Å². The van der Waals surface area contributed by atoms with E-state index >= 15 is 0 Å². The Morgan fingerprint density at radius 1 is 0.804 bits per heavy atom. The first kappa shape index (κ1) is 32.8. The van der Waals surface area contributed by atoms with Crippen LogP contribution in [0.3, 0.4) is 0 Å². The fourth-order valence-corrected chi connectivity index (χ4v) is 6.95. The van der Waals surface area contributed by atoms with Gasteiger partial charge in [0.25, 0.3) is 10.0 Å². The quantitative estimate of drug-likeness (QED) is 0.185. The number of aryl methyl sites for hydroxylation is 2. The van der Waals surface area contributed by atoms with Gasteiger partial charge >= 0.3 is 0 Å². The maximum atomic E-state index is 14.2. The minimum atomic E-state index is -4.17. The molecule has 1 unspecified atom stereocenters. The van der Waals surface area contributed by atoms with Crippen LogP contribution in [0, 0.1) is 13.8 Å². The predicted molar refractivity (Wildman–Crippen MR) is 180 cm³/mol. The van der Waals surface area contributed by atoms with Crippen LogP contribution in [-0.4, -0.2) is 43.8 Å². The van der Waals surface area contributed by atoms with E-state index in [1.807, 2.05) is 68.4 Å². The molecule has 1 fully saturated rings. The Morgan fingerprint density at radius 3 is 1.98 bits per heavy atom. The molecule has 4 aromatic carbocycles. The topological polar surface area (TPSA) is 96.0 Å². The van der Waals surface area contributed by atoms with Crippen LogP contribution >= 0.6 is 0 Å².